The molecule has 0 atom stereocenters. The van der Waals surface area contributed by atoms with Gasteiger partial charge in [-0.15, -0.1) is 0 Å². The minimum Gasteiger partial charge on any atom is -0.493 e. The number of nitrogens with one attached hydrogen (secondary N) is 1. The molecular formula is C16H17ClINO2. The second kappa shape index (κ2) is 7.22. The van der Waals surface area contributed by atoms with Gasteiger partial charge in [0.1, 0.15) is 0 Å². The first-order valence-electron chi connectivity index (χ1n) is 6.46. The number of hydrogen-bond donors (Lipinski definition) is 1. The van der Waals surface area contributed by atoms with Gasteiger partial charge in [0.05, 0.1) is 19.2 Å². The summed E-state index contributed by atoms with van der Waals surface area (Å²) >= 11 is 8.70. The molecule has 0 amide bonds. The smallest absolute Gasteiger partial charge is 0.179 e. The maximum Gasteiger partial charge on any atom is 0.179 e. The minimum absolute atomic E-state index is 0.567. The molecule has 3 nitrogen and oxygen atoms in total. The standard InChI is InChI=1S/C16H17ClINO2/c1-10-4-6-12(8-13(10)18)19-9-11-5-7-14(20-2)16(21-3)15(11)17/h4-8,19H,9H2,1-3H3. The molecule has 0 aromatic heterocycles. The first-order valence-corrected chi connectivity index (χ1v) is 7.92. The van der Waals surface area contributed by atoms with Crippen LogP contribution in [-0.4, -0.2) is 14.2 Å². The maximum absolute atomic E-state index is 6.37. The van der Waals surface area contributed by atoms with E-state index < -0.39 is 0 Å². The number of rotatable bonds is 5. The molecule has 0 heterocycles. The Bertz CT molecular complexity index is 646. The predicted molar refractivity (Wildman–Crippen MR) is 95.8 cm³/mol. The second-order valence-corrected chi connectivity index (χ2v) is 6.13. The van der Waals surface area contributed by atoms with Gasteiger partial charge in [0.15, 0.2) is 11.5 Å². The summed E-state index contributed by atoms with van der Waals surface area (Å²) < 4.78 is 11.8. The average Bonchev–Trinajstić information content (AvgIpc) is 2.49. The monoisotopic (exact) mass is 417 g/mol. The fraction of sp³-hybridized carbons (Fsp3) is 0.250. The van der Waals surface area contributed by atoms with Crippen molar-refractivity contribution in [2.24, 2.45) is 0 Å². The Morgan fingerprint density at radius 2 is 1.90 bits per heavy atom. The van der Waals surface area contributed by atoms with Crippen molar-refractivity contribution in [3.05, 3.63) is 50.1 Å². The van der Waals surface area contributed by atoms with Gasteiger partial charge in [-0.25, -0.2) is 0 Å². The highest BCUT2D eigenvalue weighted by Crippen LogP contribution is 2.37. The summed E-state index contributed by atoms with van der Waals surface area (Å²) in [4.78, 5) is 0. The summed E-state index contributed by atoms with van der Waals surface area (Å²) in [5, 5.41) is 3.95. The maximum atomic E-state index is 6.37. The van der Waals surface area contributed by atoms with Crippen LogP contribution in [-0.2, 0) is 6.54 Å². The van der Waals surface area contributed by atoms with Crippen molar-refractivity contribution in [3.63, 3.8) is 0 Å². The van der Waals surface area contributed by atoms with E-state index in [1.807, 2.05) is 12.1 Å². The lowest BCUT2D eigenvalue weighted by atomic mass is 10.1. The lowest BCUT2D eigenvalue weighted by Gasteiger charge is -2.14. The molecule has 1 N–H and O–H groups in total. The highest BCUT2D eigenvalue weighted by atomic mass is 127. The zero-order chi connectivity index (χ0) is 15.4. The van der Waals surface area contributed by atoms with Crippen molar-refractivity contribution in [1.29, 1.82) is 0 Å². The number of anilines is 1. The van der Waals surface area contributed by atoms with E-state index in [2.05, 4.69) is 53.0 Å². The number of hydrogen-bond acceptors (Lipinski definition) is 3. The van der Waals surface area contributed by atoms with Crippen LogP contribution in [0.4, 0.5) is 5.69 Å². The van der Waals surface area contributed by atoms with E-state index in [-0.39, 0.29) is 0 Å². The summed E-state index contributed by atoms with van der Waals surface area (Å²) in [6, 6.07) is 10.1. The van der Waals surface area contributed by atoms with Gasteiger partial charge in [-0.05, 0) is 58.8 Å². The Balaban J connectivity index is 2.18. The normalized spacial score (nSPS) is 10.3. The van der Waals surface area contributed by atoms with Crippen LogP contribution >= 0.6 is 34.2 Å². The van der Waals surface area contributed by atoms with Crippen molar-refractivity contribution in [1.82, 2.24) is 0 Å². The summed E-state index contributed by atoms with van der Waals surface area (Å²) in [6.45, 7) is 2.72. The topological polar surface area (TPSA) is 30.5 Å². The Hall–Kier alpha value is -1.14. The molecule has 5 heteroatoms. The van der Waals surface area contributed by atoms with Gasteiger partial charge in [0.25, 0.3) is 0 Å². The average molecular weight is 418 g/mol. The summed E-state index contributed by atoms with van der Waals surface area (Å²) in [5.41, 5.74) is 3.30. The van der Waals surface area contributed by atoms with Crippen LogP contribution in [0.25, 0.3) is 0 Å². The van der Waals surface area contributed by atoms with Crippen LogP contribution in [0.15, 0.2) is 30.3 Å². The van der Waals surface area contributed by atoms with Gasteiger partial charge in [-0.2, -0.15) is 0 Å². The molecule has 0 aliphatic rings. The van der Waals surface area contributed by atoms with E-state index in [1.165, 1.54) is 9.13 Å². The third-order valence-electron chi connectivity index (χ3n) is 3.22. The molecule has 21 heavy (non-hydrogen) atoms. The van der Waals surface area contributed by atoms with E-state index in [0.29, 0.717) is 23.1 Å². The van der Waals surface area contributed by atoms with Gasteiger partial charge in [0.2, 0.25) is 0 Å². The molecule has 0 aliphatic heterocycles. The third-order valence-corrected chi connectivity index (χ3v) is 4.80. The van der Waals surface area contributed by atoms with Crippen LogP contribution in [0.2, 0.25) is 5.02 Å². The van der Waals surface area contributed by atoms with Gasteiger partial charge in [0, 0.05) is 15.8 Å². The molecule has 0 saturated carbocycles. The Morgan fingerprint density at radius 3 is 2.52 bits per heavy atom. The number of halogens is 2. The lowest BCUT2D eigenvalue weighted by molar-refractivity contribution is 0.355. The minimum atomic E-state index is 0.567. The van der Waals surface area contributed by atoms with Crippen molar-refractivity contribution in [2.45, 2.75) is 13.5 Å². The van der Waals surface area contributed by atoms with Gasteiger partial charge in [-0.1, -0.05) is 23.7 Å². The molecule has 0 spiro atoms. The molecule has 0 unspecified atom stereocenters. The Labute approximate surface area is 143 Å². The molecule has 2 aromatic rings. The first kappa shape index (κ1) is 16.2. The second-order valence-electron chi connectivity index (χ2n) is 4.59. The number of methoxy groups -OCH3 is 2. The zero-order valence-electron chi connectivity index (χ0n) is 12.2. The fourth-order valence-corrected chi connectivity index (χ4v) is 2.78. The molecule has 0 radical (unpaired) electrons. The molecule has 0 aliphatic carbocycles. The third kappa shape index (κ3) is 3.74. The summed E-state index contributed by atoms with van der Waals surface area (Å²) in [6.07, 6.45) is 0. The molecule has 2 aromatic carbocycles. The molecule has 0 saturated heterocycles. The van der Waals surface area contributed by atoms with Crippen molar-refractivity contribution in [2.75, 3.05) is 19.5 Å². The Morgan fingerprint density at radius 1 is 1.14 bits per heavy atom. The van der Waals surface area contributed by atoms with Gasteiger partial charge >= 0.3 is 0 Å². The molecule has 0 bridgehead atoms. The van der Waals surface area contributed by atoms with E-state index in [4.69, 9.17) is 21.1 Å². The largest absolute Gasteiger partial charge is 0.493 e. The highest BCUT2D eigenvalue weighted by Gasteiger charge is 2.12. The number of aryl methyl sites for hydroxylation is 1. The number of ether oxygens (including phenoxy) is 2. The van der Waals surface area contributed by atoms with Gasteiger partial charge in [-0.3, -0.25) is 0 Å². The molecule has 112 valence electrons. The van der Waals surface area contributed by atoms with E-state index in [0.717, 1.165) is 11.3 Å². The van der Waals surface area contributed by atoms with Crippen molar-refractivity contribution >= 4 is 39.9 Å². The van der Waals surface area contributed by atoms with Gasteiger partial charge < -0.3 is 14.8 Å². The Kier molecular flexibility index (Phi) is 5.58. The van der Waals surface area contributed by atoms with E-state index in [9.17, 15) is 0 Å². The predicted octanol–water partition coefficient (Wildman–Crippen LogP) is 4.88. The SMILES string of the molecule is COc1ccc(CNc2ccc(C)c(I)c2)c(Cl)c1OC. The zero-order valence-corrected chi connectivity index (χ0v) is 15.1. The lowest BCUT2D eigenvalue weighted by Crippen LogP contribution is -2.02. The molecule has 2 rings (SSSR count). The van der Waals surface area contributed by atoms with Crippen LogP contribution in [0, 0.1) is 10.5 Å². The number of benzene rings is 2. The van der Waals surface area contributed by atoms with Crippen molar-refractivity contribution in [3.8, 4) is 11.5 Å². The molecular weight excluding hydrogens is 401 g/mol. The van der Waals surface area contributed by atoms with E-state index >= 15 is 0 Å². The van der Waals surface area contributed by atoms with Crippen LogP contribution < -0.4 is 14.8 Å². The fourth-order valence-electron chi connectivity index (χ4n) is 1.97. The first-order chi connectivity index (χ1) is 10.1. The molecule has 0 fully saturated rings. The van der Waals surface area contributed by atoms with Crippen LogP contribution in [0.1, 0.15) is 11.1 Å². The van der Waals surface area contributed by atoms with Crippen LogP contribution in [0.3, 0.4) is 0 Å². The van der Waals surface area contributed by atoms with Crippen LogP contribution in [0.5, 0.6) is 11.5 Å². The van der Waals surface area contributed by atoms with Crippen molar-refractivity contribution < 1.29 is 9.47 Å². The summed E-state index contributed by atoms with van der Waals surface area (Å²) in [5.74, 6) is 1.20. The highest BCUT2D eigenvalue weighted by molar-refractivity contribution is 14.1. The van der Waals surface area contributed by atoms with E-state index in [1.54, 1.807) is 14.2 Å². The summed E-state index contributed by atoms with van der Waals surface area (Å²) in [7, 11) is 3.18. The quantitative estimate of drug-likeness (QED) is 0.703.